The molecule has 0 aliphatic heterocycles. The van der Waals surface area contributed by atoms with Gasteiger partial charge in [-0.1, -0.05) is 35.8 Å². The van der Waals surface area contributed by atoms with Crippen LogP contribution >= 0.6 is 15.9 Å². The molecule has 0 radical (unpaired) electrons. The van der Waals surface area contributed by atoms with Crippen LogP contribution in [0.5, 0.6) is 0 Å². The lowest BCUT2D eigenvalue weighted by molar-refractivity contribution is 0.762. The molecule has 3 nitrogen and oxygen atoms in total. The first-order valence-corrected chi connectivity index (χ1v) is 6.95. The van der Waals surface area contributed by atoms with Gasteiger partial charge in [-0.2, -0.15) is 5.10 Å². The molecule has 0 aliphatic carbocycles. The molecule has 4 heteroatoms. The predicted octanol–water partition coefficient (Wildman–Crippen LogP) is 3.26. The van der Waals surface area contributed by atoms with E-state index in [1.165, 1.54) is 5.56 Å². The number of rotatable bonds is 4. The van der Waals surface area contributed by atoms with Crippen LogP contribution in [0.25, 0.3) is 5.69 Å². The highest BCUT2D eigenvalue weighted by Crippen LogP contribution is 2.22. The summed E-state index contributed by atoms with van der Waals surface area (Å²) >= 11 is 3.51. The SMILES string of the molecule is CC(C)c1ccn(-c2cc(Br)ccc2CCN)n1. The van der Waals surface area contributed by atoms with Gasteiger partial charge in [-0.05, 0) is 42.6 Å². The second-order valence-electron chi connectivity index (χ2n) is 4.65. The molecule has 0 bridgehead atoms. The Balaban J connectivity index is 2.44. The molecule has 1 aromatic heterocycles. The molecule has 0 fully saturated rings. The first kappa shape index (κ1) is 13.3. The molecule has 1 aromatic carbocycles. The molecule has 0 saturated carbocycles. The van der Waals surface area contributed by atoms with E-state index in [-0.39, 0.29) is 0 Å². The average molecular weight is 308 g/mol. The maximum absolute atomic E-state index is 5.66. The van der Waals surface area contributed by atoms with Crippen LogP contribution in [0.3, 0.4) is 0 Å². The summed E-state index contributed by atoms with van der Waals surface area (Å²) in [5.74, 6) is 0.441. The van der Waals surface area contributed by atoms with E-state index in [2.05, 4.69) is 53.1 Å². The van der Waals surface area contributed by atoms with Crippen molar-refractivity contribution >= 4 is 15.9 Å². The van der Waals surface area contributed by atoms with Crippen LogP contribution in [0.1, 0.15) is 31.0 Å². The Hall–Kier alpha value is -1.13. The van der Waals surface area contributed by atoms with Crippen molar-refractivity contribution in [2.75, 3.05) is 6.54 Å². The predicted molar refractivity (Wildman–Crippen MR) is 78.1 cm³/mol. The van der Waals surface area contributed by atoms with Gasteiger partial charge in [0.05, 0.1) is 11.4 Å². The number of nitrogens with zero attached hydrogens (tertiary/aromatic N) is 2. The number of hydrogen-bond donors (Lipinski definition) is 1. The fraction of sp³-hybridized carbons (Fsp3) is 0.357. The standard InChI is InChI=1S/C14H18BrN3/c1-10(2)13-6-8-18(17-13)14-9-12(15)4-3-11(14)5-7-16/h3-4,6,8-10H,5,7,16H2,1-2H3. The van der Waals surface area contributed by atoms with E-state index in [9.17, 15) is 0 Å². The first-order valence-electron chi connectivity index (χ1n) is 6.16. The molecule has 0 amide bonds. The quantitative estimate of drug-likeness (QED) is 0.942. The topological polar surface area (TPSA) is 43.8 Å². The number of hydrogen-bond acceptors (Lipinski definition) is 2. The van der Waals surface area contributed by atoms with Gasteiger partial charge in [0, 0.05) is 10.7 Å². The summed E-state index contributed by atoms with van der Waals surface area (Å²) in [7, 11) is 0. The highest BCUT2D eigenvalue weighted by Gasteiger charge is 2.08. The molecule has 0 atom stereocenters. The first-order chi connectivity index (χ1) is 8.61. The molecule has 18 heavy (non-hydrogen) atoms. The van der Waals surface area contributed by atoms with Gasteiger partial charge in [-0.25, -0.2) is 4.68 Å². The van der Waals surface area contributed by atoms with Crippen LogP contribution in [-0.4, -0.2) is 16.3 Å². The second kappa shape index (κ2) is 5.67. The van der Waals surface area contributed by atoms with E-state index in [1.807, 2.05) is 16.9 Å². The summed E-state index contributed by atoms with van der Waals surface area (Å²) in [5.41, 5.74) is 9.08. The highest BCUT2D eigenvalue weighted by molar-refractivity contribution is 9.10. The number of nitrogens with two attached hydrogens (primary N) is 1. The van der Waals surface area contributed by atoms with Crippen molar-refractivity contribution in [2.24, 2.45) is 5.73 Å². The summed E-state index contributed by atoms with van der Waals surface area (Å²) in [4.78, 5) is 0. The van der Waals surface area contributed by atoms with Gasteiger partial charge in [0.15, 0.2) is 0 Å². The molecular weight excluding hydrogens is 290 g/mol. The monoisotopic (exact) mass is 307 g/mol. The minimum absolute atomic E-state index is 0.441. The van der Waals surface area contributed by atoms with E-state index >= 15 is 0 Å². The Bertz CT molecular complexity index is 532. The van der Waals surface area contributed by atoms with Crippen molar-refractivity contribution in [1.29, 1.82) is 0 Å². The summed E-state index contributed by atoms with van der Waals surface area (Å²) in [6, 6.07) is 8.30. The fourth-order valence-electron chi connectivity index (χ4n) is 1.90. The van der Waals surface area contributed by atoms with Gasteiger partial charge in [-0.3, -0.25) is 0 Å². The van der Waals surface area contributed by atoms with Crippen molar-refractivity contribution in [3.63, 3.8) is 0 Å². The Morgan fingerprint density at radius 3 is 2.72 bits per heavy atom. The summed E-state index contributed by atoms with van der Waals surface area (Å²) in [6.07, 6.45) is 2.87. The lowest BCUT2D eigenvalue weighted by Gasteiger charge is -2.09. The lowest BCUT2D eigenvalue weighted by atomic mass is 10.1. The zero-order valence-corrected chi connectivity index (χ0v) is 12.3. The summed E-state index contributed by atoms with van der Waals surface area (Å²) < 4.78 is 2.99. The van der Waals surface area contributed by atoms with E-state index in [0.29, 0.717) is 12.5 Å². The van der Waals surface area contributed by atoms with Gasteiger partial charge in [0.2, 0.25) is 0 Å². The Morgan fingerprint density at radius 1 is 1.33 bits per heavy atom. The summed E-state index contributed by atoms with van der Waals surface area (Å²) in [5, 5.41) is 4.62. The van der Waals surface area contributed by atoms with Gasteiger partial charge < -0.3 is 5.73 Å². The normalized spacial score (nSPS) is 11.2. The minimum Gasteiger partial charge on any atom is -0.330 e. The maximum Gasteiger partial charge on any atom is 0.0689 e. The van der Waals surface area contributed by atoms with Crippen LogP contribution in [-0.2, 0) is 6.42 Å². The Labute approximate surface area is 116 Å². The van der Waals surface area contributed by atoms with Crippen LogP contribution in [0.4, 0.5) is 0 Å². The Morgan fingerprint density at radius 2 is 2.11 bits per heavy atom. The third-order valence-electron chi connectivity index (χ3n) is 2.91. The molecule has 2 aromatic rings. The molecule has 1 heterocycles. The molecule has 0 unspecified atom stereocenters. The molecule has 0 saturated heterocycles. The van der Waals surface area contributed by atoms with Crippen molar-refractivity contribution in [1.82, 2.24) is 9.78 Å². The van der Waals surface area contributed by atoms with Gasteiger partial charge in [-0.15, -0.1) is 0 Å². The molecule has 0 spiro atoms. The fourth-order valence-corrected chi connectivity index (χ4v) is 2.25. The van der Waals surface area contributed by atoms with Crippen LogP contribution in [0.2, 0.25) is 0 Å². The number of halogens is 1. The van der Waals surface area contributed by atoms with Crippen molar-refractivity contribution in [3.05, 3.63) is 46.2 Å². The second-order valence-corrected chi connectivity index (χ2v) is 5.57. The third-order valence-corrected chi connectivity index (χ3v) is 3.40. The van der Waals surface area contributed by atoms with Gasteiger partial charge in [0.1, 0.15) is 0 Å². The van der Waals surface area contributed by atoms with E-state index in [4.69, 9.17) is 5.73 Å². The van der Waals surface area contributed by atoms with Gasteiger partial charge in [0.25, 0.3) is 0 Å². The van der Waals surface area contributed by atoms with Crippen LogP contribution in [0, 0.1) is 0 Å². The summed E-state index contributed by atoms with van der Waals surface area (Å²) in [6.45, 7) is 4.94. The van der Waals surface area contributed by atoms with Gasteiger partial charge >= 0.3 is 0 Å². The minimum atomic E-state index is 0.441. The van der Waals surface area contributed by atoms with Crippen molar-refractivity contribution < 1.29 is 0 Å². The van der Waals surface area contributed by atoms with E-state index < -0.39 is 0 Å². The smallest absolute Gasteiger partial charge is 0.0689 e. The molecule has 2 N–H and O–H groups in total. The van der Waals surface area contributed by atoms with E-state index in [1.54, 1.807) is 0 Å². The average Bonchev–Trinajstić information content (AvgIpc) is 2.81. The zero-order valence-electron chi connectivity index (χ0n) is 10.7. The Kier molecular flexibility index (Phi) is 4.19. The highest BCUT2D eigenvalue weighted by atomic mass is 79.9. The van der Waals surface area contributed by atoms with Crippen molar-refractivity contribution in [3.8, 4) is 5.69 Å². The zero-order chi connectivity index (χ0) is 13.1. The number of benzene rings is 1. The van der Waals surface area contributed by atoms with E-state index in [0.717, 1.165) is 22.3 Å². The van der Waals surface area contributed by atoms with Crippen LogP contribution < -0.4 is 5.73 Å². The van der Waals surface area contributed by atoms with Crippen LogP contribution in [0.15, 0.2) is 34.9 Å². The molecule has 2 rings (SSSR count). The largest absolute Gasteiger partial charge is 0.330 e. The maximum atomic E-state index is 5.66. The third kappa shape index (κ3) is 2.82. The lowest BCUT2D eigenvalue weighted by Crippen LogP contribution is -2.07. The number of aromatic nitrogens is 2. The van der Waals surface area contributed by atoms with Crippen molar-refractivity contribution in [2.45, 2.75) is 26.2 Å². The molecule has 96 valence electrons. The molecular formula is C14H18BrN3. The molecule has 0 aliphatic rings.